The molecular formula is C18H26N2O2. The Morgan fingerprint density at radius 1 is 1.14 bits per heavy atom. The number of nitrogens with two attached hydrogens (primary N) is 1. The first-order chi connectivity index (χ1) is 10.8. The molecule has 1 aromatic rings. The molecule has 0 aliphatic heterocycles. The summed E-state index contributed by atoms with van der Waals surface area (Å²) < 4.78 is 6.08. The van der Waals surface area contributed by atoms with Crippen LogP contribution in [0, 0.1) is 11.8 Å². The maximum absolute atomic E-state index is 12.6. The SMILES string of the molecule is NC[C@H]1CCC[C@H]1C(=O)Nc1ccccc1OC1CCCC1. The number of anilines is 1. The minimum Gasteiger partial charge on any atom is -0.488 e. The van der Waals surface area contributed by atoms with Gasteiger partial charge >= 0.3 is 0 Å². The molecule has 0 radical (unpaired) electrons. The minimum atomic E-state index is 0.0459. The zero-order valence-corrected chi connectivity index (χ0v) is 13.1. The Bertz CT molecular complexity index is 512. The van der Waals surface area contributed by atoms with Crippen molar-refractivity contribution < 1.29 is 9.53 Å². The molecule has 3 N–H and O–H groups in total. The number of carbonyl (C=O) groups is 1. The molecule has 0 unspecified atom stereocenters. The van der Waals surface area contributed by atoms with Crippen LogP contribution >= 0.6 is 0 Å². The summed E-state index contributed by atoms with van der Waals surface area (Å²) >= 11 is 0. The number of hydrogen-bond donors (Lipinski definition) is 2. The summed E-state index contributed by atoms with van der Waals surface area (Å²) in [6.07, 6.45) is 8.09. The van der Waals surface area contributed by atoms with Gasteiger partial charge in [0.25, 0.3) is 0 Å². The Labute approximate surface area is 132 Å². The van der Waals surface area contributed by atoms with Gasteiger partial charge in [0, 0.05) is 5.92 Å². The molecule has 22 heavy (non-hydrogen) atoms. The zero-order valence-electron chi connectivity index (χ0n) is 13.1. The third-order valence-corrected chi connectivity index (χ3v) is 5.04. The quantitative estimate of drug-likeness (QED) is 0.877. The highest BCUT2D eigenvalue weighted by molar-refractivity contribution is 5.94. The first kappa shape index (κ1) is 15.3. The summed E-state index contributed by atoms with van der Waals surface area (Å²) in [5.74, 6) is 1.26. The predicted molar refractivity (Wildman–Crippen MR) is 87.8 cm³/mol. The molecule has 2 atom stereocenters. The smallest absolute Gasteiger partial charge is 0.227 e. The van der Waals surface area contributed by atoms with E-state index in [0.29, 0.717) is 18.6 Å². The van der Waals surface area contributed by atoms with Crippen molar-refractivity contribution in [3.8, 4) is 5.75 Å². The highest BCUT2D eigenvalue weighted by Crippen LogP contribution is 2.34. The number of amides is 1. The first-order valence-electron chi connectivity index (χ1n) is 8.54. The molecular weight excluding hydrogens is 276 g/mol. The van der Waals surface area contributed by atoms with E-state index in [-0.39, 0.29) is 11.8 Å². The fourth-order valence-electron chi connectivity index (χ4n) is 3.75. The van der Waals surface area contributed by atoms with Gasteiger partial charge in [0.15, 0.2) is 0 Å². The third kappa shape index (κ3) is 3.43. The largest absolute Gasteiger partial charge is 0.488 e. The summed E-state index contributed by atoms with van der Waals surface area (Å²) in [4.78, 5) is 12.6. The van der Waals surface area contributed by atoms with Gasteiger partial charge in [-0.2, -0.15) is 0 Å². The lowest BCUT2D eigenvalue weighted by Crippen LogP contribution is -2.30. The summed E-state index contributed by atoms with van der Waals surface area (Å²) in [5.41, 5.74) is 6.58. The van der Waals surface area contributed by atoms with E-state index in [9.17, 15) is 4.79 Å². The summed E-state index contributed by atoms with van der Waals surface area (Å²) in [6.45, 7) is 0.596. The molecule has 4 heteroatoms. The fourth-order valence-corrected chi connectivity index (χ4v) is 3.75. The van der Waals surface area contributed by atoms with E-state index < -0.39 is 0 Å². The van der Waals surface area contributed by atoms with Crippen LogP contribution in [0.2, 0.25) is 0 Å². The highest BCUT2D eigenvalue weighted by Gasteiger charge is 2.32. The number of nitrogens with one attached hydrogen (secondary N) is 1. The van der Waals surface area contributed by atoms with Gasteiger partial charge in [0.2, 0.25) is 5.91 Å². The lowest BCUT2D eigenvalue weighted by Gasteiger charge is -2.20. The molecule has 120 valence electrons. The average Bonchev–Trinajstić information content (AvgIpc) is 3.20. The van der Waals surface area contributed by atoms with Crippen LogP contribution in [0.25, 0.3) is 0 Å². The molecule has 2 aliphatic carbocycles. The van der Waals surface area contributed by atoms with Crippen LogP contribution in [0.1, 0.15) is 44.9 Å². The molecule has 2 aliphatic rings. The Morgan fingerprint density at radius 3 is 2.68 bits per heavy atom. The number of rotatable bonds is 5. The van der Waals surface area contributed by atoms with E-state index >= 15 is 0 Å². The number of benzene rings is 1. The maximum atomic E-state index is 12.6. The molecule has 2 saturated carbocycles. The van der Waals surface area contributed by atoms with E-state index in [1.807, 2.05) is 24.3 Å². The first-order valence-corrected chi connectivity index (χ1v) is 8.54. The monoisotopic (exact) mass is 302 g/mol. The number of hydrogen-bond acceptors (Lipinski definition) is 3. The second-order valence-corrected chi connectivity index (χ2v) is 6.54. The third-order valence-electron chi connectivity index (χ3n) is 5.04. The molecule has 3 rings (SSSR count). The van der Waals surface area contributed by atoms with Crippen LogP contribution < -0.4 is 15.8 Å². The van der Waals surface area contributed by atoms with Crippen molar-refractivity contribution >= 4 is 11.6 Å². The Balaban J connectivity index is 1.67. The van der Waals surface area contributed by atoms with Crippen molar-refractivity contribution in [1.82, 2.24) is 0 Å². The van der Waals surface area contributed by atoms with E-state index in [1.165, 1.54) is 12.8 Å². The van der Waals surface area contributed by atoms with Crippen LogP contribution in [0.3, 0.4) is 0 Å². The minimum absolute atomic E-state index is 0.0459. The van der Waals surface area contributed by atoms with Crippen LogP contribution in [-0.2, 0) is 4.79 Å². The number of para-hydroxylation sites is 2. The zero-order chi connectivity index (χ0) is 15.4. The molecule has 1 aromatic carbocycles. The molecule has 0 aromatic heterocycles. The Kier molecular flexibility index (Phi) is 4.98. The summed E-state index contributed by atoms with van der Waals surface area (Å²) in [7, 11) is 0. The van der Waals surface area contributed by atoms with Gasteiger partial charge in [-0.25, -0.2) is 0 Å². The fraction of sp³-hybridized carbons (Fsp3) is 0.611. The van der Waals surface area contributed by atoms with Crippen LogP contribution in [0.15, 0.2) is 24.3 Å². The van der Waals surface area contributed by atoms with Gasteiger partial charge in [-0.3, -0.25) is 4.79 Å². The molecule has 0 saturated heterocycles. The summed E-state index contributed by atoms with van der Waals surface area (Å²) in [6, 6.07) is 7.77. The molecule has 0 heterocycles. The average molecular weight is 302 g/mol. The van der Waals surface area contributed by atoms with Gasteiger partial charge in [-0.1, -0.05) is 18.6 Å². The molecule has 1 amide bonds. The van der Waals surface area contributed by atoms with Gasteiger partial charge in [-0.15, -0.1) is 0 Å². The van der Waals surface area contributed by atoms with Crippen molar-refractivity contribution in [3.63, 3.8) is 0 Å². The topological polar surface area (TPSA) is 64.4 Å². The second kappa shape index (κ2) is 7.14. The predicted octanol–water partition coefficient (Wildman–Crippen LogP) is 3.32. The molecule has 4 nitrogen and oxygen atoms in total. The van der Waals surface area contributed by atoms with Crippen molar-refractivity contribution in [1.29, 1.82) is 0 Å². The van der Waals surface area contributed by atoms with Crippen LogP contribution in [0.4, 0.5) is 5.69 Å². The molecule has 0 bridgehead atoms. The van der Waals surface area contributed by atoms with E-state index in [0.717, 1.165) is 43.5 Å². The maximum Gasteiger partial charge on any atom is 0.227 e. The van der Waals surface area contributed by atoms with Crippen LogP contribution in [-0.4, -0.2) is 18.6 Å². The van der Waals surface area contributed by atoms with Gasteiger partial charge in [0.1, 0.15) is 5.75 Å². The van der Waals surface area contributed by atoms with Crippen molar-refractivity contribution in [3.05, 3.63) is 24.3 Å². The van der Waals surface area contributed by atoms with Crippen molar-refractivity contribution in [2.45, 2.75) is 51.0 Å². The number of carbonyl (C=O) groups excluding carboxylic acids is 1. The Hall–Kier alpha value is -1.55. The van der Waals surface area contributed by atoms with Crippen molar-refractivity contribution in [2.75, 3.05) is 11.9 Å². The number of ether oxygens (including phenoxy) is 1. The lowest BCUT2D eigenvalue weighted by atomic mass is 9.95. The van der Waals surface area contributed by atoms with Gasteiger partial charge < -0.3 is 15.8 Å². The van der Waals surface area contributed by atoms with Crippen molar-refractivity contribution in [2.24, 2.45) is 17.6 Å². The van der Waals surface area contributed by atoms with E-state index in [1.54, 1.807) is 0 Å². The Morgan fingerprint density at radius 2 is 1.91 bits per heavy atom. The molecule has 2 fully saturated rings. The lowest BCUT2D eigenvalue weighted by molar-refractivity contribution is -0.120. The van der Waals surface area contributed by atoms with Gasteiger partial charge in [0.05, 0.1) is 11.8 Å². The standard InChI is InChI=1S/C18H26N2O2/c19-12-13-6-5-9-15(13)18(21)20-16-10-3-4-11-17(16)22-14-7-1-2-8-14/h3-4,10-11,13-15H,1-2,5-9,12,19H2,(H,20,21)/t13-,15-/m1/s1. The van der Waals surface area contributed by atoms with Gasteiger partial charge in [-0.05, 0) is 63.1 Å². The summed E-state index contributed by atoms with van der Waals surface area (Å²) in [5, 5.41) is 3.07. The molecule has 0 spiro atoms. The van der Waals surface area contributed by atoms with E-state index in [2.05, 4.69) is 5.32 Å². The van der Waals surface area contributed by atoms with Crippen LogP contribution in [0.5, 0.6) is 5.75 Å². The highest BCUT2D eigenvalue weighted by atomic mass is 16.5. The van der Waals surface area contributed by atoms with E-state index in [4.69, 9.17) is 10.5 Å². The normalized spacial score (nSPS) is 25.3. The second-order valence-electron chi connectivity index (χ2n) is 6.54.